The summed E-state index contributed by atoms with van der Waals surface area (Å²) < 4.78 is 21.6. The number of likely N-dealkylation sites (N-methyl/N-ethyl adjacent to an activating group) is 1. The molecule has 2 heterocycles. The molecule has 3 unspecified atom stereocenters. The fraction of sp³-hybridized carbons (Fsp3) is 0.387. The summed E-state index contributed by atoms with van der Waals surface area (Å²) >= 11 is 0. The Balaban J connectivity index is 0.00000181. The molecular formula is C31H38FN5O3. The fourth-order valence-corrected chi connectivity index (χ4v) is 5.12. The van der Waals surface area contributed by atoms with Crippen molar-refractivity contribution in [2.45, 2.75) is 58.3 Å². The van der Waals surface area contributed by atoms with Crippen LogP contribution in [-0.4, -0.2) is 53.2 Å². The first kappa shape index (κ1) is 29.0. The maximum Gasteiger partial charge on any atom is 0.250 e. The van der Waals surface area contributed by atoms with Gasteiger partial charge in [-0.25, -0.2) is 4.39 Å². The number of halogens is 1. The van der Waals surface area contributed by atoms with E-state index in [9.17, 15) is 14.0 Å². The third-order valence-corrected chi connectivity index (χ3v) is 7.25. The summed E-state index contributed by atoms with van der Waals surface area (Å²) in [7, 11) is 1.83. The Morgan fingerprint density at radius 3 is 2.62 bits per heavy atom. The summed E-state index contributed by atoms with van der Waals surface area (Å²) in [5.74, 6) is -0.404. The van der Waals surface area contributed by atoms with Crippen LogP contribution in [0.5, 0.6) is 0 Å². The van der Waals surface area contributed by atoms with Crippen molar-refractivity contribution in [3.63, 3.8) is 0 Å². The smallest absolute Gasteiger partial charge is 0.250 e. The third kappa shape index (κ3) is 6.42. The molecule has 2 N–H and O–H groups in total. The zero-order valence-corrected chi connectivity index (χ0v) is 23.6. The van der Waals surface area contributed by atoms with Gasteiger partial charge in [-0.15, -0.1) is 0 Å². The van der Waals surface area contributed by atoms with Crippen molar-refractivity contribution in [3.05, 3.63) is 89.1 Å². The van der Waals surface area contributed by atoms with Crippen molar-refractivity contribution >= 4 is 12.3 Å². The minimum absolute atomic E-state index is 0.00799. The maximum atomic E-state index is 13.7. The van der Waals surface area contributed by atoms with Crippen LogP contribution in [0.1, 0.15) is 57.9 Å². The monoisotopic (exact) mass is 547 g/mol. The van der Waals surface area contributed by atoms with E-state index < -0.39 is 6.23 Å². The minimum atomic E-state index is -0.595. The first-order chi connectivity index (χ1) is 19.5. The molecule has 2 aromatic rings. The predicted molar refractivity (Wildman–Crippen MR) is 153 cm³/mol. The average Bonchev–Trinajstić information content (AvgIpc) is 3.58. The highest BCUT2D eigenvalue weighted by Gasteiger charge is 2.36. The summed E-state index contributed by atoms with van der Waals surface area (Å²) in [4.78, 5) is 25.6. The molecule has 3 aliphatic rings. The van der Waals surface area contributed by atoms with E-state index in [-0.39, 0.29) is 30.4 Å². The van der Waals surface area contributed by atoms with Crippen molar-refractivity contribution in [1.82, 2.24) is 25.3 Å². The van der Waals surface area contributed by atoms with Crippen molar-refractivity contribution in [3.8, 4) is 11.3 Å². The second-order valence-electron chi connectivity index (χ2n) is 9.73. The van der Waals surface area contributed by atoms with Crippen molar-refractivity contribution in [1.29, 1.82) is 0 Å². The molecular weight excluding hydrogens is 509 g/mol. The summed E-state index contributed by atoms with van der Waals surface area (Å²) in [6, 6.07) is 6.20. The Hall–Kier alpha value is -3.98. The number of ether oxygens (including phenoxy) is 1. The molecule has 2 aliphatic carbocycles. The molecule has 9 heteroatoms. The van der Waals surface area contributed by atoms with Gasteiger partial charge < -0.3 is 20.3 Å². The molecule has 1 fully saturated rings. The highest BCUT2D eigenvalue weighted by atomic mass is 19.1. The zero-order valence-electron chi connectivity index (χ0n) is 23.6. The van der Waals surface area contributed by atoms with Gasteiger partial charge >= 0.3 is 0 Å². The first-order valence-electron chi connectivity index (χ1n) is 13.9. The molecule has 0 spiro atoms. The molecule has 2 amide bonds. The van der Waals surface area contributed by atoms with Gasteiger partial charge in [-0.3, -0.25) is 14.3 Å². The largest absolute Gasteiger partial charge is 0.390 e. The Bertz CT molecular complexity index is 1320. The van der Waals surface area contributed by atoms with Gasteiger partial charge in [0, 0.05) is 36.6 Å². The number of hydrogen-bond acceptors (Lipinski definition) is 5. The topological polar surface area (TPSA) is 88.5 Å². The van der Waals surface area contributed by atoms with Gasteiger partial charge in [0.05, 0.1) is 12.1 Å². The Labute approximate surface area is 235 Å². The lowest BCUT2D eigenvalue weighted by Gasteiger charge is -2.26. The molecule has 3 atom stereocenters. The van der Waals surface area contributed by atoms with Crippen LogP contribution in [0.3, 0.4) is 0 Å². The summed E-state index contributed by atoms with van der Waals surface area (Å²) in [5.41, 5.74) is 5.44. The average molecular weight is 548 g/mol. The number of carbonyl (C=O) groups is 2. The molecule has 1 aromatic heterocycles. The van der Waals surface area contributed by atoms with Gasteiger partial charge in [0.25, 0.3) is 5.91 Å². The van der Waals surface area contributed by atoms with Crippen LogP contribution < -0.4 is 10.6 Å². The number of rotatable bonds is 9. The van der Waals surface area contributed by atoms with E-state index in [4.69, 9.17) is 9.84 Å². The Kier molecular flexibility index (Phi) is 9.71. The number of benzene rings is 1. The normalized spacial score (nSPS) is 22.1. The first-order valence-corrected chi connectivity index (χ1v) is 13.9. The fourth-order valence-electron chi connectivity index (χ4n) is 5.12. The standard InChI is InChI=1S/C29H32FN5O3.C2H6/c1-19-3-10-23(11-4-19)35-16-24(28(33-35)21-6-8-22(30)9-7-21)29-34(27(37)17-38-29)14-13-20-5-12-25(32-18-36)26(15-20)31-2;1-2/h3-10,15-16,18,23,25,29,31H,11-14,17H2,1-2H3,(H,32,36);1-2H3. The number of allylic oxidation sites excluding steroid dienone is 5. The van der Waals surface area contributed by atoms with Crippen molar-refractivity contribution < 1.29 is 18.7 Å². The second kappa shape index (κ2) is 13.4. The van der Waals surface area contributed by atoms with Crippen LogP contribution >= 0.6 is 0 Å². The van der Waals surface area contributed by atoms with E-state index in [1.165, 1.54) is 17.7 Å². The molecule has 212 valence electrons. The number of hydrogen-bond donors (Lipinski definition) is 2. The van der Waals surface area contributed by atoms with Crippen molar-refractivity contribution in [2.24, 2.45) is 0 Å². The molecule has 40 heavy (non-hydrogen) atoms. The van der Waals surface area contributed by atoms with Crippen LogP contribution in [0.25, 0.3) is 11.3 Å². The molecule has 0 saturated carbocycles. The Morgan fingerprint density at radius 2 is 1.95 bits per heavy atom. The van der Waals surface area contributed by atoms with Crippen LogP contribution in [0.2, 0.25) is 0 Å². The van der Waals surface area contributed by atoms with Crippen molar-refractivity contribution in [2.75, 3.05) is 20.2 Å². The third-order valence-electron chi connectivity index (χ3n) is 7.25. The molecule has 8 nitrogen and oxygen atoms in total. The predicted octanol–water partition coefficient (Wildman–Crippen LogP) is 4.96. The quantitative estimate of drug-likeness (QED) is 0.434. The van der Waals surface area contributed by atoms with Crippen LogP contribution in [-0.2, 0) is 14.3 Å². The number of nitrogens with zero attached hydrogens (tertiary/aromatic N) is 3. The lowest BCUT2D eigenvalue weighted by molar-refractivity contribution is -0.128. The van der Waals surface area contributed by atoms with Gasteiger partial charge in [-0.1, -0.05) is 43.7 Å². The van der Waals surface area contributed by atoms with Crippen LogP contribution in [0.4, 0.5) is 4.39 Å². The number of carbonyl (C=O) groups excluding carboxylic acids is 2. The van der Waals surface area contributed by atoms with E-state index in [0.29, 0.717) is 31.5 Å². The van der Waals surface area contributed by atoms with E-state index in [0.717, 1.165) is 28.8 Å². The zero-order chi connectivity index (χ0) is 28.6. The van der Waals surface area contributed by atoms with E-state index >= 15 is 0 Å². The molecule has 0 radical (unpaired) electrons. The molecule has 0 bridgehead atoms. The highest BCUT2D eigenvalue weighted by molar-refractivity contribution is 5.80. The van der Waals surface area contributed by atoms with E-state index in [1.54, 1.807) is 17.0 Å². The minimum Gasteiger partial charge on any atom is -0.390 e. The molecule has 1 aromatic carbocycles. The summed E-state index contributed by atoms with van der Waals surface area (Å²) in [6.07, 6.45) is 14.7. The number of aromatic nitrogens is 2. The summed E-state index contributed by atoms with van der Waals surface area (Å²) in [6.45, 7) is 6.52. The second-order valence-corrected chi connectivity index (χ2v) is 9.73. The molecule has 5 rings (SSSR count). The lowest BCUT2D eigenvalue weighted by Crippen LogP contribution is -2.36. The number of amides is 2. The maximum absolute atomic E-state index is 13.7. The van der Waals surface area contributed by atoms with E-state index in [1.807, 2.05) is 37.8 Å². The van der Waals surface area contributed by atoms with Gasteiger partial charge in [0.2, 0.25) is 6.41 Å². The summed E-state index contributed by atoms with van der Waals surface area (Å²) in [5, 5.41) is 10.9. The Morgan fingerprint density at radius 1 is 1.18 bits per heavy atom. The molecule has 1 saturated heterocycles. The van der Waals surface area contributed by atoms with Crippen LogP contribution in [0.15, 0.2) is 77.7 Å². The van der Waals surface area contributed by atoms with E-state index in [2.05, 4.69) is 41.9 Å². The lowest BCUT2D eigenvalue weighted by atomic mass is 9.97. The number of nitrogens with one attached hydrogen (secondary N) is 2. The van der Waals surface area contributed by atoms with Gasteiger partial charge in [0.1, 0.15) is 18.1 Å². The van der Waals surface area contributed by atoms with Crippen LogP contribution in [0, 0.1) is 5.82 Å². The van der Waals surface area contributed by atoms with Gasteiger partial charge in [-0.2, -0.15) is 5.10 Å². The highest BCUT2D eigenvalue weighted by Crippen LogP contribution is 2.36. The SMILES string of the molecule is CC.CNC1=CC(CCN2C(=O)COC2c2cn(C3C=CC(C)=CC3)nc2-c2ccc(F)cc2)=CCC1NC=O. The van der Waals surface area contributed by atoms with Gasteiger partial charge in [0.15, 0.2) is 6.23 Å². The van der Waals surface area contributed by atoms with Gasteiger partial charge in [-0.05, 0) is 62.1 Å². The molecule has 1 aliphatic heterocycles.